The normalized spacial score (nSPS) is 12.0. The van der Waals surface area contributed by atoms with Gasteiger partial charge >= 0.3 is 0 Å². The minimum atomic E-state index is -3.28. The van der Waals surface area contributed by atoms with E-state index >= 15 is 0 Å². The van der Waals surface area contributed by atoms with Crippen molar-refractivity contribution in [1.82, 2.24) is 0 Å². The first-order valence-corrected chi connectivity index (χ1v) is 7.18. The number of benzene rings is 1. The molecule has 0 radical (unpaired) electrons. The molecule has 0 amide bonds. The fourth-order valence-corrected chi connectivity index (χ4v) is 2.54. The molecule has 0 aliphatic heterocycles. The number of anilines is 1. The Labute approximate surface area is 103 Å². The van der Waals surface area contributed by atoms with E-state index in [1.54, 1.807) is 19.1 Å². The maximum Gasteiger partial charge on any atom is 0.180 e. The largest absolute Gasteiger partial charge is 0.399 e. The van der Waals surface area contributed by atoms with E-state index in [-0.39, 0.29) is 18.5 Å². The molecule has 0 fully saturated rings. The van der Waals surface area contributed by atoms with E-state index in [0.717, 1.165) is 5.56 Å². The molecule has 0 bridgehead atoms. The third kappa shape index (κ3) is 4.02. The molecule has 0 aliphatic rings. The molecule has 17 heavy (non-hydrogen) atoms. The van der Waals surface area contributed by atoms with Crippen molar-refractivity contribution in [1.29, 1.82) is 0 Å². The highest BCUT2D eigenvalue weighted by molar-refractivity contribution is 7.91. The Hall–Kier alpha value is -1.07. The van der Waals surface area contributed by atoms with Gasteiger partial charge in [0.05, 0.1) is 23.4 Å². The zero-order valence-electron chi connectivity index (χ0n) is 10.4. The third-order valence-electron chi connectivity index (χ3n) is 2.40. The van der Waals surface area contributed by atoms with E-state index in [0.29, 0.717) is 10.6 Å². The Kier molecular flexibility index (Phi) is 4.54. The molecule has 0 spiro atoms. The second kappa shape index (κ2) is 5.51. The Morgan fingerprint density at radius 3 is 2.53 bits per heavy atom. The number of sulfone groups is 1. The third-order valence-corrected chi connectivity index (χ3v) is 4.08. The van der Waals surface area contributed by atoms with E-state index in [2.05, 4.69) is 0 Å². The fraction of sp³-hybridized carbons (Fsp3) is 0.500. The van der Waals surface area contributed by atoms with Gasteiger partial charge in [-0.1, -0.05) is 0 Å². The van der Waals surface area contributed by atoms with Gasteiger partial charge in [0, 0.05) is 5.69 Å². The summed E-state index contributed by atoms with van der Waals surface area (Å²) in [6.45, 7) is 5.75. The first kappa shape index (κ1) is 14.0. The minimum absolute atomic E-state index is 0.00542. The number of nitrogens with two attached hydrogens (primary N) is 1. The molecule has 0 saturated carbocycles. The van der Waals surface area contributed by atoms with Crippen LogP contribution >= 0.6 is 0 Å². The predicted molar refractivity (Wildman–Crippen MR) is 68.7 cm³/mol. The second-order valence-corrected chi connectivity index (χ2v) is 6.37. The van der Waals surface area contributed by atoms with Crippen LogP contribution in [-0.4, -0.2) is 26.9 Å². The molecule has 0 atom stereocenters. The number of hydrogen-bond donors (Lipinski definition) is 1. The maximum atomic E-state index is 12.0. The molecule has 0 saturated heterocycles. The van der Waals surface area contributed by atoms with Crippen molar-refractivity contribution >= 4 is 15.5 Å². The second-order valence-electron chi connectivity index (χ2n) is 4.26. The zero-order valence-corrected chi connectivity index (χ0v) is 11.3. The number of ether oxygens (including phenoxy) is 1. The van der Waals surface area contributed by atoms with Gasteiger partial charge in [0.1, 0.15) is 0 Å². The highest BCUT2D eigenvalue weighted by atomic mass is 32.2. The van der Waals surface area contributed by atoms with Gasteiger partial charge in [0.2, 0.25) is 0 Å². The molecule has 5 heteroatoms. The average Bonchev–Trinajstić information content (AvgIpc) is 2.21. The standard InChI is InChI=1S/C12H19NO3S/c1-9(2)16-6-7-17(14,15)11-4-5-12(13)10(3)8-11/h4-5,8-9H,6-7,13H2,1-3H3. The number of aryl methyl sites for hydroxylation is 1. The maximum absolute atomic E-state index is 12.0. The van der Waals surface area contributed by atoms with Crippen molar-refractivity contribution in [2.45, 2.75) is 31.8 Å². The lowest BCUT2D eigenvalue weighted by molar-refractivity contribution is 0.0912. The van der Waals surface area contributed by atoms with Gasteiger partial charge in [0.15, 0.2) is 9.84 Å². The Morgan fingerprint density at radius 2 is 2.00 bits per heavy atom. The summed E-state index contributed by atoms with van der Waals surface area (Å²) in [7, 11) is -3.28. The van der Waals surface area contributed by atoms with Crippen LogP contribution in [0.25, 0.3) is 0 Å². The molecule has 1 aromatic carbocycles. The molecule has 4 nitrogen and oxygen atoms in total. The van der Waals surface area contributed by atoms with Crippen molar-refractivity contribution < 1.29 is 13.2 Å². The highest BCUT2D eigenvalue weighted by Crippen LogP contribution is 2.18. The molecule has 0 unspecified atom stereocenters. The van der Waals surface area contributed by atoms with Crippen molar-refractivity contribution in [2.24, 2.45) is 0 Å². The summed E-state index contributed by atoms with van der Waals surface area (Å²) in [5, 5.41) is 0. The SMILES string of the molecule is Cc1cc(S(=O)(=O)CCOC(C)C)ccc1N. The summed E-state index contributed by atoms with van der Waals surface area (Å²) in [5.74, 6) is -0.00542. The van der Waals surface area contributed by atoms with Crippen LogP contribution in [0.2, 0.25) is 0 Å². The van der Waals surface area contributed by atoms with Gasteiger partial charge < -0.3 is 10.5 Å². The van der Waals surface area contributed by atoms with Crippen molar-refractivity contribution in [3.05, 3.63) is 23.8 Å². The van der Waals surface area contributed by atoms with Crippen LogP contribution in [0, 0.1) is 6.92 Å². The van der Waals surface area contributed by atoms with Crippen LogP contribution in [0.15, 0.2) is 23.1 Å². The van der Waals surface area contributed by atoms with Gasteiger partial charge in [-0.3, -0.25) is 0 Å². The summed E-state index contributed by atoms with van der Waals surface area (Å²) in [5.41, 5.74) is 7.03. The van der Waals surface area contributed by atoms with E-state index in [4.69, 9.17) is 10.5 Å². The molecule has 2 N–H and O–H groups in total. The lowest BCUT2D eigenvalue weighted by atomic mass is 10.2. The predicted octanol–water partition coefficient (Wildman–Crippen LogP) is 1.78. The van der Waals surface area contributed by atoms with Crippen LogP contribution < -0.4 is 5.73 Å². The van der Waals surface area contributed by atoms with E-state index in [1.807, 2.05) is 13.8 Å². The summed E-state index contributed by atoms with van der Waals surface area (Å²) in [4.78, 5) is 0.302. The van der Waals surface area contributed by atoms with Crippen LogP contribution in [-0.2, 0) is 14.6 Å². The van der Waals surface area contributed by atoms with Crippen LogP contribution in [0.1, 0.15) is 19.4 Å². The Bertz CT molecular complexity index is 481. The van der Waals surface area contributed by atoms with Gasteiger partial charge in [-0.2, -0.15) is 0 Å². The van der Waals surface area contributed by atoms with Crippen LogP contribution in [0.4, 0.5) is 5.69 Å². The monoisotopic (exact) mass is 257 g/mol. The number of rotatable bonds is 5. The molecule has 0 heterocycles. The lowest BCUT2D eigenvalue weighted by Crippen LogP contribution is -2.15. The average molecular weight is 257 g/mol. The fourth-order valence-electron chi connectivity index (χ4n) is 1.35. The number of nitrogen functional groups attached to an aromatic ring is 1. The van der Waals surface area contributed by atoms with Crippen LogP contribution in [0.3, 0.4) is 0 Å². The topological polar surface area (TPSA) is 69.4 Å². The van der Waals surface area contributed by atoms with Gasteiger partial charge in [0.25, 0.3) is 0 Å². The van der Waals surface area contributed by atoms with E-state index < -0.39 is 9.84 Å². The Morgan fingerprint density at radius 1 is 1.35 bits per heavy atom. The molecule has 0 aliphatic carbocycles. The quantitative estimate of drug-likeness (QED) is 0.816. The van der Waals surface area contributed by atoms with Gasteiger partial charge in [-0.05, 0) is 44.5 Å². The molecule has 0 aromatic heterocycles. The van der Waals surface area contributed by atoms with Crippen molar-refractivity contribution in [3.8, 4) is 0 Å². The van der Waals surface area contributed by atoms with E-state index in [1.165, 1.54) is 6.07 Å². The lowest BCUT2D eigenvalue weighted by Gasteiger charge is -2.09. The van der Waals surface area contributed by atoms with Gasteiger partial charge in [-0.25, -0.2) is 8.42 Å². The van der Waals surface area contributed by atoms with Gasteiger partial charge in [-0.15, -0.1) is 0 Å². The summed E-state index contributed by atoms with van der Waals surface area (Å²) < 4.78 is 29.2. The van der Waals surface area contributed by atoms with E-state index in [9.17, 15) is 8.42 Å². The molecule has 1 aromatic rings. The van der Waals surface area contributed by atoms with Crippen molar-refractivity contribution in [2.75, 3.05) is 18.1 Å². The molecule has 96 valence electrons. The van der Waals surface area contributed by atoms with Crippen molar-refractivity contribution in [3.63, 3.8) is 0 Å². The first-order valence-electron chi connectivity index (χ1n) is 5.53. The summed E-state index contributed by atoms with van der Waals surface area (Å²) in [6, 6.07) is 4.75. The molecular weight excluding hydrogens is 238 g/mol. The number of hydrogen-bond acceptors (Lipinski definition) is 4. The Balaban J connectivity index is 2.79. The first-order chi connectivity index (χ1) is 7.83. The highest BCUT2D eigenvalue weighted by Gasteiger charge is 2.15. The zero-order chi connectivity index (χ0) is 13.1. The summed E-state index contributed by atoms with van der Waals surface area (Å²) in [6.07, 6.45) is 0.0401. The smallest absolute Gasteiger partial charge is 0.180 e. The minimum Gasteiger partial charge on any atom is -0.399 e. The molecular formula is C12H19NO3S. The summed E-state index contributed by atoms with van der Waals surface area (Å²) >= 11 is 0. The van der Waals surface area contributed by atoms with Crippen LogP contribution in [0.5, 0.6) is 0 Å². The molecule has 1 rings (SSSR count).